The lowest BCUT2D eigenvalue weighted by Gasteiger charge is -2.15. The number of carbonyl (C=O) groups excluding carboxylic acids is 1. The summed E-state index contributed by atoms with van der Waals surface area (Å²) in [6, 6.07) is 3.93. The van der Waals surface area contributed by atoms with Crippen LogP contribution in [0.4, 0.5) is 0 Å². The number of ketones is 1. The van der Waals surface area contributed by atoms with Gasteiger partial charge in [0.2, 0.25) is 0 Å². The Hall–Kier alpha value is -1.76. The maximum absolute atomic E-state index is 12.4. The van der Waals surface area contributed by atoms with Gasteiger partial charge in [-0.15, -0.1) is 0 Å². The van der Waals surface area contributed by atoms with Crippen molar-refractivity contribution in [3.8, 4) is 6.07 Å². The average Bonchev–Trinajstić information content (AvgIpc) is 2.43. The Morgan fingerprint density at radius 1 is 1.29 bits per heavy atom. The van der Waals surface area contributed by atoms with E-state index in [0.717, 1.165) is 37.1 Å². The van der Waals surface area contributed by atoms with Gasteiger partial charge in [-0.05, 0) is 25.8 Å². The van der Waals surface area contributed by atoms with E-state index in [9.17, 15) is 10.1 Å². The van der Waals surface area contributed by atoms with Crippen LogP contribution in [0.15, 0.2) is 6.07 Å². The number of aryl methyl sites for hydroxylation is 2. The topological polar surface area (TPSA) is 66.6 Å². The van der Waals surface area contributed by atoms with Gasteiger partial charge in [0.05, 0.1) is 6.07 Å². The minimum Gasteiger partial charge on any atom is -0.298 e. The molecule has 0 bridgehead atoms. The average molecular weight is 287 g/mol. The zero-order chi connectivity index (χ0) is 15.8. The Labute approximate surface area is 127 Å². The molecule has 0 amide bonds. The number of hydrogen-bond donors (Lipinski definition) is 0. The zero-order valence-corrected chi connectivity index (χ0v) is 13.5. The van der Waals surface area contributed by atoms with E-state index >= 15 is 0 Å². The predicted molar refractivity (Wildman–Crippen MR) is 82.8 cm³/mol. The highest BCUT2D eigenvalue weighted by molar-refractivity contribution is 5.87. The lowest BCUT2D eigenvalue weighted by Crippen LogP contribution is -2.18. The third-order valence-corrected chi connectivity index (χ3v) is 3.74. The fourth-order valence-corrected chi connectivity index (χ4v) is 2.50. The van der Waals surface area contributed by atoms with Crippen molar-refractivity contribution in [2.45, 2.75) is 65.7 Å². The second-order valence-electron chi connectivity index (χ2n) is 5.66. The van der Waals surface area contributed by atoms with Crippen molar-refractivity contribution < 1.29 is 4.79 Å². The predicted octanol–water partition coefficient (Wildman–Crippen LogP) is 3.88. The summed E-state index contributed by atoms with van der Waals surface area (Å²) >= 11 is 0. The maximum atomic E-state index is 12.4. The number of Topliss-reactive ketones (excluding diaryl/α,β-unsaturated/α-hetero) is 1. The molecule has 0 radical (unpaired) electrons. The second kappa shape index (κ2) is 8.51. The largest absolute Gasteiger partial charge is 0.298 e. The Kier molecular flexibility index (Phi) is 7.01. The minimum absolute atomic E-state index is 0.0505. The van der Waals surface area contributed by atoms with Gasteiger partial charge in [0.1, 0.15) is 0 Å². The van der Waals surface area contributed by atoms with Crippen LogP contribution in [0, 0.1) is 31.1 Å². The summed E-state index contributed by atoms with van der Waals surface area (Å²) in [4.78, 5) is 21.0. The summed E-state index contributed by atoms with van der Waals surface area (Å²) in [5.41, 5.74) is 1.59. The van der Waals surface area contributed by atoms with E-state index in [1.165, 1.54) is 0 Å². The van der Waals surface area contributed by atoms with Gasteiger partial charge < -0.3 is 0 Å². The molecule has 0 N–H and O–H groups in total. The van der Waals surface area contributed by atoms with Crippen LogP contribution < -0.4 is 0 Å². The van der Waals surface area contributed by atoms with Crippen molar-refractivity contribution in [3.05, 3.63) is 23.3 Å². The number of carbonyl (C=O) groups is 1. The molecule has 0 saturated carbocycles. The third-order valence-electron chi connectivity index (χ3n) is 3.74. The third kappa shape index (κ3) is 5.26. The molecule has 0 aromatic carbocycles. The summed E-state index contributed by atoms with van der Waals surface area (Å²) in [6.45, 7) is 7.96. The summed E-state index contributed by atoms with van der Waals surface area (Å²) in [6.07, 6.45) is 4.73. The highest BCUT2D eigenvalue weighted by Gasteiger charge is 2.25. The Bertz CT molecular complexity index is 499. The van der Waals surface area contributed by atoms with Gasteiger partial charge in [-0.1, -0.05) is 39.5 Å². The van der Waals surface area contributed by atoms with Gasteiger partial charge in [-0.3, -0.25) is 4.79 Å². The fourth-order valence-electron chi connectivity index (χ4n) is 2.50. The molecular weight excluding hydrogens is 262 g/mol. The molecule has 1 aromatic rings. The molecule has 1 rings (SSSR count). The number of hydrogen-bond acceptors (Lipinski definition) is 4. The van der Waals surface area contributed by atoms with Crippen LogP contribution in [0.2, 0.25) is 0 Å². The zero-order valence-electron chi connectivity index (χ0n) is 13.5. The summed E-state index contributed by atoms with van der Waals surface area (Å²) in [5, 5.41) is 9.34. The molecule has 0 spiro atoms. The molecule has 0 aliphatic heterocycles. The first-order valence-electron chi connectivity index (χ1n) is 7.76. The van der Waals surface area contributed by atoms with E-state index in [1.807, 2.05) is 19.9 Å². The highest BCUT2D eigenvalue weighted by atomic mass is 16.1. The van der Waals surface area contributed by atoms with Gasteiger partial charge in [0.25, 0.3) is 0 Å². The second-order valence-corrected chi connectivity index (χ2v) is 5.66. The Balaban J connectivity index is 2.84. The van der Waals surface area contributed by atoms with Gasteiger partial charge in [-0.25, -0.2) is 9.97 Å². The van der Waals surface area contributed by atoms with E-state index in [0.29, 0.717) is 18.2 Å². The molecule has 0 fully saturated rings. The minimum atomic E-state index is -0.834. The summed E-state index contributed by atoms with van der Waals surface area (Å²) in [5.74, 6) is -0.172. The van der Waals surface area contributed by atoms with Crippen molar-refractivity contribution in [1.29, 1.82) is 5.26 Å². The number of nitriles is 1. The first-order valence-corrected chi connectivity index (χ1v) is 7.76. The number of nitrogens with zero attached hydrogens (tertiary/aromatic N) is 3. The van der Waals surface area contributed by atoms with Gasteiger partial charge in [0.15, 0.2) is 17.5 Å². The Morgan fingerprint density at radius 3 is 2.38 bits per heavy atom. The SMILES string of the molecule is CCCCC(CC)CC(=O)C(C#N)c1nc(C)cc(C)n1. The van der Waals surface area contributed by atoms with Gasteiger partial charge >= 0.3 is 0 Å². The van der Waals surface area contributed by atoms with Crippen molar-refractivity contribution in [2.24, 2.45) is 5.92 Å². The van der Waals surface area contributed by atoms with E-state index in [2.05, 4.69) is 29.9 Å². The van der Waals surface area contributed by atoms with E-state index in [-0.39, 0.29) is 5.78 Å². The molecule has 114 valence electrons. The molecule has 21 heavy (non-hydrogen) atoms. The smallest absolute Gasteiger partial charge is 0.164 e. The molecule has 0 aliphatic carbocycles. The van der Waals surface area contributed by atoms with Gasteiger partial charge in [0, 0.05) is 17.8 Å². The summed E-state index contributed by atoms with van der Waals surface area (Å²) < 4.78 is 0. The number of rotatable bonds is 8. The van der Waals surface area contributed by atoms with Crippen LogP contribution in [-0.4, -0.2) is 15.8 Å². The molecule has 0 saturated heterocycles. The lowest BCUT2D eigenvalue weighted by molar-refractivity contribution is -0.120. The Morgan fingerprint density at radius 2 is 1.90 bits per heavy atom. The quantitative estimate of drug-likeness (QED) is 0.727. The molecule has 2 unspecified atom stereocenters. The monoisotopic (exact) mass is 287 g/mol. The molecule has 1 aromatic heterocycles. The van der Waals surface area contributed by atoms with Crippen LogP contribution in [-0.2, 0) is 4.79 Å². The summed E-state index contributed by atoms with van der Waals surface area (Å²) in [7, 11) is 0. The molecule has 2 atom stereocenters. The van der Waals surface area contributed by atoms with E-state index < -0.39 is 5.92 Å². The molecule has 0 aliphatic rings. The van der Waals surface area contributed by atoms with E-state index in [4.69, 9.17) is 0 Å². The molecule has 4 nitrogen and oxygen atoms in total. The van der Waals surface area contributed by atoms with Crippen molar-refractivity contribution in [3.63, 3.8) is 0 Å². The standard InChI is InChI=1S/C17H25N3O/c1-5-7-8-14(6-2)10-16(21)15(11-18)17-19-12(3)9-13(4)20-17/h9,14-15H,5-8,10H2,1-4H3. The molecule has 1 heterocycles. The number of aromatic nitrogens is 2. The van der Waals surface area contributed by atoms with E-state index in [1.54, 1.807) is 0 Å². The highest BCUT2D eigenvalue weighted by Crippen LogP contribution is 2.22. The van der Waals surface area contributed by atoms with Crippen LogP contribution in [0.25, 0.3) is 0 Å². The molecule has 4 heteroatoms. The lowest BCUT2D eigenvalue weighted by atomic mass is 9.89. The van der Waals surface area contributed by atoms with Crippen molar-refractivity contribution in [2.75, 3.05) is 0 Å². The number of unbranched alkanes of at least 4 members (excludes halogenated alkanes) is 1. The normalized spacial score (nSPS) is 13.5. The van der Waals surface area contributed by atoms with Crippen molar-refractivity contribution in [1.82, 2.24) is 9.97 Å². The fraction of sp³-hybridized carbons (Fsp3) is 0.647. The van der Waals surface area contributed by atoms with Crippen molar-refractivity contribution >= 4 is 5.78 Å². The van der Waals surface area contributed by atoms with Crippen LogP contribution in [0.5, 0.6) is 0 Å². The first kappa shape index (κ1) is 17.3. The molecular formula is C17H25N3O. The van der Waals surface area contributed by atoms with Crippen LogP contribution >= 0.6 is 0 Å². The van der Waals surface area contributed by atoms with Crippen LogP contribution in [0.3, 0.4) is 0 Å². The first-order chi connectivity index (χ1) is 10.0. The van der Waals surface area contributed by atoms with Crippen LogP contribution in [0.1, 0.15) is 69.1 Å². The van der Waals surface area contributed by atoms with Gasteiger partial charge in [-0.2, -0.15) is 5.26 Å². The maximum Gasteiger partial charge on any atom is 0.164 e.